The first-order valence-electron chi connectivity index (χ1n) is 25.4. The molecule has 0 fully saturated rings. The van der Waals surface area contributed by atoms with Gasteiger partial charge in [-0.05, 0) is 110 Å². The number of aliphatic imine (C=N–C) groups is 2. The summed E-state index contributed by atoms with van der Waals surface area (Å²) < 4.78 is 6.63. The Morgan fingerprint density at radius 3 is 2.10 bits per heavy atom. The third-order valence-electron chi connectivity index (χ3n) is 15.2. The maximum Gasteiger partial charge on any atom is 0.177 e. The molecule has 7 aromatic carbocycles. The van der Waals surface area contributed by atoms with Crippen molar-refractivity contribution in [3.05, 3.63) is 267 Å². The van der Waals surface area contributed by atoms with Crippen LogP contribution in [-0.4, -0.2) is 11.5 Å². The molecule has 0 radical (unpaired) electrons. The molecule has 2 heterocycles. The Hall–Kier alpha value is -7.80. The number of nitrogens with one attached hydrogen (secondary N) is 1. The predicted octanol–water partition coefficient (Wildman–Crippen LogP) is 14.6. The van der Waals surface area contributed by atoms with E-state index in [1.54, 1.807) is 0 Å². The summed E-state index contributed by atoms with van der Waals surface area (Å²) in [6.45, 7) is 9.83. The van der Waals surface area contributed by atoms with E-state index in [4.69, 9.17) is 20.9 Å². The summed E-state index contributed by atoms with van der Waals surface area (Å²) in [4.78, 5) is 9.93. The Labute approximate surface area is 418 Å². The lowest BCUT2D eigenvalue weighted by atomic mass is 9.55. The lowest BCUT2D eigenvalue weighted by Gasteiger charge is -2.46. The van der Waals surface area contributed by atoms with Crippen molar-refractivity contribution in [2.75, 3.05) is 5.32 Å². The zero-order chi connectivity index (χ0) is 48.7. The Morgan fingerprint density at radius 2 is 1.37 bits per heavy atom. The molecule has 0 saturated heterocycles. The van der Waals surface area contributed by atoms with Crippen LogP contribution in [0, 0.1) is 5.92 Å². The maximum atomic E-state index is 6.63. The van der Waals surface area contributed by atoms with Crippen LogP contribution >= 0.6 is 0 Å². The molecule has 0 amide bonds. The van der Waals surface area contributed by atoms with Crippen molar-refractivity contribution in [1.82, 2.24) is 0 Å². The van der Waals surface area contributed by atoms with Gasteiger partial charge in [-0.1, -0.05) is 204 Å². The van der Waals surface area contributed by atoms with Gasteiger partial charge in [-0.2, -0.15) is 0 Å². The number of fused-ring (bicyclic) bond motifs is 13. The SMILES string of the molecule is CC.CC1(C)c2ccccc2C2(c3ccc(C4N=C(C5=C6C=CCCC6CC=C5)c5oc6ccccc6c5N4)cc3-c3c(CN)cccc32)c2ccccc21.NC(=NCc1ccccc1)c1ccccc1. The molecule has 2 atom stereocenters. The summed E-state index contributed by atoms with van der Waals surface area (Å²) in [5.74, 6) is 1.92. The van der Waals surface area contributed by atoms with Crippen molar-refractivity contribution in [3.8, 4) is 11.1 Å². The standard InChI is InChI=1S/C49H41N3O.C14H14N2.C2H6/c1-48(2)37-19-6-8-21-39(37)49(40-22-9-7-20-38(40)48)36-26-25-30(27-35(36)43-31(28-50)15-12-23-41(43)49)47-51-44(33-18-11-14-29-13-3-4-16-32(29)33)46-45(52-47)34-17-5-10-24-42(34)53-46;15-14(13-9-5-2-6-10-13)16-11-12-7-3-1-4-8-12;1-2/h4-12,15-27,29,47,52H,3,13-14,28,50H2,1-2H3;1-10H,11H2,(H2,15,16);1-2H3. The number of anilines is 1. The topological polar surface area (TPSA) is 102 Å². The molecule has 5 aliphatic rings. The van der Waals surface area contributed by atoms with Gasteiger partial charge >= 0.3 is 0 Å². The summed E-state index contributed by atoms with van der Waals surface area (Å²) >= 11 is 0. The second-order valence-electron chi connectivity index (χ2n) is 19.4. The van der Waals surface area contributed by atoms with Crippen molar-refractivity contribution in [1.29, 1.82) is 0 Å². The molecular formula is C65H61N5O. The first-order valence-corrected chi connectivity index (χ1v) is 25.4. The lowest BCUT2D eigenvalue weighted by molar-refractivity contribution is 0.561. The number of furan rings is 1. The van der Waals surface area contributed by atoms with Gasteiger partial charge in [0.25, 0.3) is 0 Å². The van der Waals surface area contributed by atoms with E-state index in [1.165, 1.54) is 67.6 Å². The second-order valence-corrected chi connectivity index (χ2v) is 19.4. The number of hydrogen-bond acceptors (Lipinski definition) is 5. The lowest BCUT2D eigenvalue weighted by Crippen LogP contribution is -2.40. The van der Waals surface area contributed by atoms with Crippen molar-refractivity contribution >= 4 is 28.2 Å². The fourth-order valence-electron chi connectivity index (χ4n) is 11.9. The Kier molecular flexibility index (Phi) is 12.1. The summed E-state index contributed by atoms with van der Waals surface area (Å²) in [7, 11) is 0. The van der Waals surface area contributed by atoms with E-state index in [0.29, 0.717) is 24.8 Å². The second kappa shape index (κ2) is 18.8. The van der Waals surface area contributed by atoms with Gasteiger partial charge in [-0.3, -0.25) is 9.98 Å². The molecule has 1 aliphatic heterocycles. The largest absolute Gasteiger partial charge is 0.452 e. The van der Waals surface area contributed by atoms with Crippen LogP contribution in [0.5, 0.6) is 0 Å². The van der Waals surface area contributed by atoms with Crippen molar-refractivity contribution in [2.24, 2.45) is 27.4 Å². The molecule has 4 aliphatic carbocycles. The minimum absolute atomic E-state index is 0.148. The number of hydrogen-bond donors (Lipinski definition) is 3. The number of para-hydroxylation sites is 1. The summed E-state index contributed by atoms with van der Waals surface area (Å²) in [5.41, 5.74) is 32.2. The third kappa shape index (κ3) is 7.60. The van der Waals surface area contributed by atoms with Gasteiger partial charge in [0.15, 0.2) is 5.76 Å². The van der Waals surface area contributed by atoms with E-state index in [-0.39, 0.29) is 11.6 Å². The molecule has 5 N–H and O–H groups in total. The monoisotopic (exact) mass is 927 g/mol. The highest BCUT2D eigenvalue weighted by Gasteiger charge is 2.53. The average Bonchev–Trinajstić information content (AvgIpc) is 3.96. The minimum Gasteiger partial charge on any atom is -0.452 e. The van der Waals surface area contributed by atoms with E-state index < -0.39 is 5.41 Å². The van der Waals surface area contributed by atoms with Gasteiger partial charge in [0, 0.05) is 28.5 Å². The zero-order valence-corrected chi connectivity index (χ0v) is 41.1. The number of benzene rings is 7. The van der Waals surface area contributed by atoms with Crippen molar-refractivity contribution in [3.63, 3.8) is 0 Å². The van der Waals surface area contributed by atoms with E-state index in [2.05, 4.69) is 152 Å². The first kappa shape index (κ1) is 45.6. The van der Waals surface area contributed by atoms with Crippen LogP contribution < -0.4 is 16.8 Å². The molecule has 352 valence electrons. The highest BCUT2D eigenvalue weighted by Crippen LogP contribution is 2.63. The average molecular weight is 928 g/mol. The molecule has 1 aromatic heterocycles. The van der Waals surface area contributed by atoms with Crippen LogP contribution in [0.25, 0.3) is 22.1 Å². The Bertz CT molecular complexity index is 3410. The van der Waals surface area contributed by atoms with Gasteiger partial charge in [-0.25, -0.2) is 0 Å². The number of nitrogens with zero attached hydrogens (tertiary/aromatic N) is 2. The highest BCUT2D eigenvalue weighted by atomic mass is 16.3. The van der Waals surface area contributed by atoms with E-state index >= 15 is 0 Å². The van der Waals surface area contributed by atoms with Crippen LogP contribution in [0.4, 0.5) is 5.69 Å². The molecule has 6 nitrogen and oxygen atoms in total. The van der Waals surface area contributed by atoms with Crippen molar-refractivity contribution < 1.29 is 4.42 Å². The molecule has 0 bridgehead atoms. The molecule has 6 heteroatoms. The van der Waals surface area contributed by atoms with Crippen LogP contribution in [0.1, 0.15) is 115 Å². The highest BCUT2D eigenvalue weighted by molar-refractivity contribution is 6.20. The normalized spacial score (nSPS) is 18.3. The van der Waals surface area contributed by atoms with Gasteiger partial charge in [0.1, 0.15) is 23.3 Å². The van der Waals surface area contributed by atoms with Crippen LogP contribution in [-0.2, 0) is 23.9 Å². The molecule has 13 rings (SSSR count). The van der Waals surface area contributed by atoms with Crippen LogP contribution in [0.15, 0.2) is 220 Å². The summed E-state index contributed by atoms with van der Waals surface area (Å²) in [6.07, 6.45) is 12.3. The first-order chi connectivity index (χ1) is 34.9. The quantitative estimate of drug-likeness (QED) is 0.114. The fraction of sp³-hybridized carbons (Fsp3) is 0.200. The molecular weight excluding hydrogens is 867 g/mol. The fourth-order valence-corrected chi connectivity index (χ4v) is 11.9. The molecule has 71 heavy (non-hydrogen) atoms. The smallest absolute Gasteiger partial charge is 0.177 e. The summed E-state index contributed by atoms with van der Waals surface area (Å²) in [5, 5.41) is 4.94. The minimum atomic E-state index is -0.471. The number of allylic oxidation sites excluding steroid dienone is 6. The maximum absolute atomic E-state index is 6.63. The molecule has 8 aromatic rings. The Balaban J connectivity index is 0.000000258. The predicted molar refractivity (Wildman–Crippen MR) is 294 cm³/mol. The molecule has 2 unspecified atom stereocenters. The van der Waals surface area contributed by atoms with E-state index in [1.807, 2.05) is 80.6 Å². The van der Waals surface area contributed by atoms with Gasteiger partial charge in [0.05, 0.1) is 17.6 Å². The van der Waals surface area contributed by atoms with Crippen LogP contribution in [0.3, 0.4) is 0 Å². The number of rotatable bonds is 6. The van der Waals surface area contributed by atoms with E-state index in [0.717, 1.165) is 57.7 Å². The van der Waals surface area contributed by atoms with Crippen molar-refractivity contribution in [2.45, 2.75) is 77.0 Å². The number of nitrogens with two attached hydrogens (primary N) is 2. The zero-order valence-electron chi connectivity index (χ0n) is 41.1. The number of amidine groups is 1. The van der Waals surface area contributed by atoms with Crippen LogP contribution in [0.2, 0.25) is 0 Å². The van der Waals surface area contributed by atoms with E-state index in [9.17, 15) is 0 Å². The third-order valence-corrected chi connectivity index (χ3v) is 15.2. The summed E-state index contributed by atoms with van der Waals surface area (Å²) in [6, 6.07) is 60.3. The van der Waals surface area contributed by atoms with Gasteiger partial charge < -0.3 is 21.2 Å². The Morgan fingerprint density at radius 1 is 0.704 bits per heavy atom. The van der Waals surface area contributed by atoms with Gasteiger partial charge in [-0.15, -0.1) is 0 Å². The molecule has 0 saturated carbocycles. The van der Waals surface area contributed by atoms with Gasteiger partial charge in [0.2, 0.25) is 0 Å². The molecule has 1 spiro atoms.